The molecule has 2 unspecified atom stereocenters. The van der Waals surface area contributed by atoms with Gasteiger partial charge in [0.15, 0.2) is 0 Å². The molecular formula is C16H35O2P. The highest BCUT2D eigenvalue weighted by Gasteiger charge is 2.36. The van der Waals surface area contributed by atoms with E-state index in [4.69, 9.17) is 0 Å². The molecule has 0 saturated carbocycles. The molecule has 116 valence electrons. The average Bonchev–Trinajstić information content (AvgIpc) is 2.39. The highest BCUT2D eigenvalue weighted by molar-refractivity contribution is 7.59. The van der Waals surface area contributed by atoms with Crippen LogP contribution in [-0.4, -0.2) is 16.2 Å². The predicted octanol–water partition coefficient (Wildman–Crippen LogP) is 5.97. The molecule has 0 amide bonds. The summed E-state index contributed by atoms with van der Waals surface area (Å²) >= 11 is 0. The predicted molar refractivity (Wildman–Crippen MR) is 86.3 cm³/mol. The third-order valence-corrected chi connectivity index (χ3v) is 7.20. The molecule has 0 fully saturated rings. The molecule has 0 spiro atoms. The van der Waals surface area contributed by atoms with E-state index in [2.05, 4.69) is 27.7 Å². The number of unbranched alkanes of at least 4 members (excludes halogenated alkanes) is 2. The topological polar surface area (TPSA) is 37.3 Å². The average molecular weight is 290 g/mol. The third kappa shape index (κ3) is 6.95. The van der Waals surface area contributed by atoms with Crippen LogP contribution in [0.4, 0.5) is 0 Å². The lowest BCUT2D eigenvalue weighted by atomic mass is 10.1. The van der Waals surface area contributed by atoms with Crippen molar-refractivity contribution in [3.63, 3.8) is 0 Å². The summed E-state index contributed by atoms with van der Waals surface area (Å²) in [5.74, 6) is 0. The van der Waals surface area contributed by atoms with Crippen molar-refractivity contribution in [3.05, 3.63) is 0 Å². The van der Waals surface area contributed by atoms with Gasteiger partial charge in [0.25, 0.3) is 0 Å². The zero-order chi connectivity index (χ0) is 14.7. The Bertz CT molecular complexity index is 231. The maximum atomic E-state index is 13.0. The molecule has 0 aromatic rings. The minimum absolute atomic E-state index is 0.0471. The van der Waals surface area contributed by atoms with Crippen molar-refractivity contribution in [1.82, 2.24) is 0 Å². The Hall–Kier alpha value is 0.190. The lowest BCUT2D eigenvalue weighted by molar-refractivity contribution is 0.419. The zero-order valence-electron chi connectivity index (χ0n) is 13.5. The van der Waals surface area contributed by atoms with E-state index in [0.29, 0.717) is 0 Å². The normalized spacial score (nSPS) is 17.9. The van der Waals surface area contributed by atoms with Gasteiger partial charge in [-0.3, -0.25) is 4.57 Å². The van der Waals surface area contributed by atoms with Crippen LogP contribution in [0.2, 0.25) is 0 Å². The van der Waals surface area contributed by atoms with Gasteiger partial charge in [0, 0.05) is 11.3 Å². The summed E-state index contributed by atoms with van der Waals surface area (Å²) in [7, 11) is -3.01. The van der Waals surface area contributed by atoms with Crippen molar-refractivity contribution in [2.45, 2.75) is 103 Å². The van der Waals surface area contributed by atoms with E-state index in [1.807, 2.05) is 0 Å². The van der Waals surface area contributed by atoms with Gasteiger partial charge in [-0.2, -0.15) is 0 Å². The van der Waals surface area contributed by atoms with E-state index in [1.54, 1.807) is 0 Å². The Labute approximate surface area is 120 Å². The fourth-order valence-electron chi connectivity index (χ4n) is 2.87. The van der Waals surface area contributed by atoms with Gasteiger partial charge < -0.3 is 4.89 Å². The molecule has 0 aliphatic heterocycles. The molecule has 0 bridgehead atoms. The van der Waals surface area contributed by atoms with Crippen LogP contribution < -0.4 is 0 Å². The van der Waals surface area contributed by atoms with E-state index in [-0.39, 0.29) is 11.3 Å². The van der Waals surface area contributed by atoms with Crippen LogP contribution in [0.25, 0.3) is 0 Å². The smallest absolute Gasteiger partial charge is 0.206 e. The van der Waals surface area contributed by atoms with Crippen LogP contribution in [0.5, 0.6) is 0 Å². The highest BCUT2D eigenvalue weighted by Crippen LogP contribution is 2.57. The molecule has 3 heteroatoms. The Balaban J connectivity index is 4.80. The number of hydrogen-bond acceptors (Lipinski definition) is 1. The largest absolute Gasteiger partial charge is 0.344 e. The van der Waals surface area contributed by atoms with Crippen LogP contribution in [0.15, 0.2) is 0 Å². The molecule has 0 radical (unpaired) electrons. The van der Waals surface area contributed by atoms with Crippen LogP contribution in [0.3, 0.4) is 0 Å². The van der Waals surface area contributed by atoms with Gasteiger partial charge in [-0.1, -0.05) is 66.2 Å². The fraction of sp³-hybridized carbons (Fsp3) is 1.00. The van der Waals surface area contributed by atoms with E-state index in [9.17, 15) is 9.46 Å². The van der Waals surface area contributed by atoms with E-state index >= 15 is 0 Å². The SMILES string of the molecule is CCCCC(CCC)P(=O)(O)C(CCC)CCCC. The van der Waals surface area contributed by atoms with Crippen molar-refractivity contribution < 1.29 is 9.46 Å². The van der Waals surface area contributed by atoms with E-state index in [1.165, 1.54) is 0 Å². The molecule has 1 N–H and O–H groups in total. The van der Waals surface area contributed by atoms with E-state index < -0.39 is 7.37 Å². The second-order valence-electron chi connectivity index (χ2n) is 5.84. The van der Waals surface area contributed by atoms with Gasteiger partial charge in [0.2, 0.25) is 7.37 Å². The Morgan fingerprint density at radius 2 is 1.11 bits per heavy atom. The third-order valence-electron chi connectivity index (χ3n) is 4.07. The summed E-state index contributed by atoms with van der Waals surface area (Å²) in [6, 6.07) is 0. The zero-order valence-corrected chi connectivity index (χ0v) is 14.4. The van der Waals surface area contributed by atoms with Gasteiger partial charge in [0.1, 0.15) is 0 Å². The maximum Gasteiger partial charge on any atom is 0.206 e. The van der Waals surface area contributed by atoms with Crippen molar-refractivity contribution in [2.75, 3.05) is 0 Å². The molecule has 2 atom stereocenters. The first-order chi connectivity index (χ1) is 9.04. The molecule has 0 saturated heterocycles. The summed E-state index contributed by atoms with van der Waals surface area (Å²) < 4.78 is 13.0. The van der Waals surface area contributed by atoms with Crippen LogP contribution in [0, 0.1) is 0 Å². The summed E-state index contributed by atoms with van der Waals surface area (Å²) in [4.78, 5) is 10.7. The summed E-state index contributed by atoms with van der Waals surface area (Å²) in [6.45, 7) is 8.57. The summed E-state index contributed by atoms with van der Waals surface area (Å²) in [5, 5.41) is 0. The molecule has 0 aliphatic carbocycles. The molecule has 0 aliphatic rings. The Morgan fingerprint density at radius 3 is 1.37 bits per heavy atom. The van der Waals surface area contributed by atoms with Crippen LogP contribution in [0.1, 0.15) is 91.9 Å². The first-order valence-electron chi connectivity index (χ1n) is 8.36. The molecule has 0 aromatic heterocycles. The van der Waals surface area contributed by atoms with Crippen molar-refractivity contribution in [3.8, 4) is 0 Å². The van der Waals surface area contributed by atoms with Crippen molar-refractivity contribution >= 4 is 7.37 Å². The van der Waals surface area contributed by atoms with Gasteiger partial charge in [0.05, 0.1) is 0 Å². The van der Waals surface area contributed by atoms with Crippen LogP contribution >= 0.6 is 7.37 Å². The van der Waals surface area contributed by atoms with Gasteiger partial charge in [-0.25, -0.2) is 0 Å². The second-order valence-corrected chi connectivity index (χ2v) is 8.65. The lowest BCUT2D eigenvalue weighted by Crippen LogP contribution is -2.19. The first-order valence-corrected chi connectivity index (χ1v) is 10.2. The van der Waals surface area contributed by atoms with Gasteiger partial charge >= 0.3 is 0 Å². The minimum atomic E-state index is -3.01. The molecule has 0 aromatic carbocycles. The van der Waals surface area contributed by atoms with Gasteiger partial charge in [-0.15, -0.1) is 0 Å². The quantitative estimate of drug-likeness (QED) is 0.449. The number of rotatable bonds is 12. The number of hydrogen-bond donors (Lipinski definition) is 1. The molecular weight excluding hydrogens is 255 g/mol. The van der Waals surface area contributed by atoms with E-state index in [0.717, 1.165) is 64.2 Å². The fourth-order valence-corrected chi connectivity index (χ4v) is 5.83. The van der Waals surface area contributed by atoms with Crippen LogP contribution in [-0.2, 0) is 4.57 Å². The molecule has 0 heterocycles. The van der Waals surface area contributed by atoms with Crippen molar-refractivity contribution in [1.29, 1.82) is 0 Å². The van der Waals surface area contributed by atoms with Gasteiger partial charge in [-0.05, 0) is 25.7 Å². The lowest BCUT2D eigenvalue weighted by Gasteiger charge is -2.30. The molecule has 0 rings (SSSR count). The van der Waals surface area contributed by atoms with Crippen molar-refractivity contribution in [2.24, 2.45) is 0 Å². The highest BCUT2D eigenvalue weighted by atomic mass is 31.2. The Kier molecular flexibility index (Phi) is 11.0. The molecule has 2 nitrogen and oxygen atoms in total. The molecule has 19 heavy (non-hydrogen) atoms. The minimum Gasteiger partial charge on any atom is -0.344 e. The Morgan fingerprint density at radius 1 is 0.737 bits per heavy atom. The first kappa shape index (κ1) is 19.2. The summed E-state index contributed by atoms with van der Waals surface area (Å²) in [6.07, 6.45) is 10.1. The monoisotopic (exact) mass is 290 g/mol. The maximum absolute atomic E-state index is 13.0. The second kappa shape index (κ2) is 10.9. The standard InChI is InChI=1S/C16H35O2P/c1-5-9-13-15(11-7-3)19(17,18)16(12-8-4)14-10-6-2/h15-16H,5-14H2,1-4H3,(H,17,18). The summed E-state index contributed by atoms with van der Waals surface area (Å²) in [5.41, 5.74) is 0.0942.